The molecule has 1 atom stereocenters. The van der Waals surface area contributed by atoms with E-state index in [-0.39, 0.29) is 46.4 Å². The number of carboxylic acids is 1. The predicted octanol–water partition coefficient (Wildman–Crippen LogP) is 4.37. The maximum atomic E-state index is 13.7. The van der Waals surface area contributed by atoms with Gasteiger partial charge in [-0.15, -0.1) is 0 Å². The summed E-state index contributed by atoms with van der Waals surface area (Å²) >= 11 is 6.27. The zero-order valence-corrected chi connectivity index (χ0v) is 23.6. The molecule has 0 saturated heterocycles. The van der Waals surface area contributed by atoms with E-state index in [1.807, 2.05) is 0 Å². The maximum Gasteiger partial charge on any atom is 0.335 e. The van der Waals surface area contributed by atoms with Crippen LogP contribution < -0.4 is 10.6 Å². The summed E-state index contributed by atoms with van der Waals surface area (Å²) in [6.45, 7) is 2.29. The molecule has 3 N–H and O–H groups in total. The van der Waals surface area contributed by atoms with E-state index in [1.165, 1.54) is 16.8 Å². The first kappa shape index (κ1) is 27.6. The molecule has 0 unspecified atom stereocenters. The fourth-order valence-electron chi connectivity index (χ4n) is 5.49. The van der Waals surface area contributed by atoms with Gasteiger partial charge in [-0.1, -0.05) is 35.9 Å². The highest BCUT2D eigenvalue weighted by Gasteiger charge is 2.30. The van der Waals surface area contributed by atoms with E-state index in [9.17, 15) is 24.3 Å². The van der Waals surface area contributed by atoms with Crippen molar-refractivity contribution >= 4 is 40.8 Å². The molecule has 1 fully saturated rings. The van der Waals surface area contributed by atoms with Gasteiger partial charge in [-0.05, 0) is 72.9 Å². The Morgan fingerprint density at radius 3 is 2.57 bits per heavy atom. The molecular formula is C31H28ClN5O5. The van der Waals surface area contributed by atoms with Gasteiger partial charge in [-0.2, -0.15) is 5.10 Å². The first-order valence-electron chi connectivity index (χ1n) is 13.8. The van der Waals surface area contributed by atoms with Crippen molar-refractivity contribution in [1.82, 2.24) is 25.2 Å². The van der Waals surface area contributed by atoms with E-state index in [2.05, 4.69) is 20.7 Å². The Balaban J connectivity index is 1.34. The van der Waals surface area contributed by atoms with Gasteiger partial charge in [0.2, 0.25) is 0 Å². The lowest BCUT2D eigenvalue weighted by atomic mass is 9.98. The van der Waals surface area contributed by atoms with Gasteiger partial charge < -0.3 is 15.7 Å². The zero-order valence-electron chi connectivity index (χ0n) is 22.8. The van der Waals surface area contributed by atoms with E-state index in [0.29, 0.717) is 41.5 Å². The molecule has 2 heterocycles. The molecule has 0 aliphatic heterocycles. The second kappa shape index (κ2) is 11.0. The van der Waals surface area contributed by atoms with Gasteiger partial charge in [0.15, 0.2) is 11.4 Å². The molecule has 2 aliphatic rings. The number of aromatic nitrogens is 3. The van der Waals surface area contributed by atoms with Crippen molar-refractivity contribution in [2.24, 2.45) is 5.92 Å². The number of carbonyl (C=O) groups is 4. The summed E-state index contributed by atoms with van der Waals surface area (Å²) in [5.41, 5.74) is 3.67. The van der Waals surface area contributed by atoms with Crippen molar-refractivity contribution in [2.45, 2.75) is 45.1 Å². The van der Waals surface area contributed by atoms with Crippen LogP contribution in [0.5, 0.6) is 0 Å². The molecule has 0 radical (unpaired) electrons. The number of carboxylic acid groups (broad SMARTS) is 1. The molecular weight excluding hydrogens is 558 g/mol. The summed E-state index contributed by atoms with van der Waals surface area (Å²) in [5.74, 6) is -1.79. The Bertz CT molecular complexity index is 1780. The van der Waals surface area contributed by atoms with Crippen LogP contribution in [0.1, 0.15) is 89.3 Å². The van der Waals surface area contributed by atoms with Gasteiger partial charge in [0.05, 0.1) is 23.4 Å². The first-order valence-corrected chi connectivity index (χ1v) is 14.2. The molecule has 2 amide bonds. The monoisotopic (exact) mass is 585 g/mol. The molecule has 214 valence electrons. The number of amides is 2. The third kappa shape index (κ3) is 5.25. The van der Waals surface area contributed by atoms with Crippen molar-refractivity contribution in [3.05, 3.63) is 98.5 Å². The molecule has 10 nitrogen and oxygen atoms in total. The number of halogens is 1. The summed E-state index contributed by atoms with van der Waals surface area (Å²) in [6, 6.07) is 11.3. The van der Waals surface area contributed by atoms with Crippen LogP contribution >= 0.6 is 11.6 Å². The van der Waals surface area contributed by atoms with Gasteiger partial charge in [0.1, 0.15) is 11.4 Å². The summed E-state index contributed by atoms with van der Waals surface area (Å²) in [6.07, 6.45) is 4.68. The molecule has 6 rings (SSSR count). The van der Waals surface area contributed by atoms with Crippen molar-refractivity contribution in [3.8, 4) is 0 Å². The third-order valence-electron chi connectivity index (χ3n) is 8.02. The fraction of sp³-hybridized carbons (Fsp3) is 0.290. The van der Waals surface area contributed by atoms with Gasteiger partial charge >= 0.3 is 5.97 Å². The largest absolute Gasteiger partial charge is 0.478 e. The summed E-state index contributed by atoms with van der Waals surface area (Å²) in [7, 11) is 0. The number of hydrogen-bond donors (Lipinski definition) is 3. The highest BCUT2D eigenvalue weighted by molar-refractivity contribution is 6.31. The summed E-state index contributed by atoms with van der Waals surface area (Å²) in [5, 5.41) is 20.2. The van der Waals surface area contributed by atoms with Gasteiger partial charge in [-0.25, -0.2) is 14.3 Å². The van der Waals surface area contributed by atoms with Crippen LogP contribution in [-0.2, 0) is 12.8 Å². The second-order valence-electron chi connectivity index (χ2n) is 10.8. The van der Waals surface area contributed by atoms with Crippen LogP contribution in [-0.4, -0.2) is 49.8 Å². The molecule has 4 aromatic rings. The van der Waals surface area contributed by atoms with Crippen molar-refractivity contribution in [1.29, 1.82) is 0 Å². The number of benzene rings is 2. The number of ketones is 1. The zero-order chi connectivity index (χ0) is 29.5. The number of fused-ring (bicyclic) bond motifs is 2. The lowest BCUT2D eigenvalue weighted by Gasteiger charge is -2.16. The average molecular weight is 586 g/mol. The molecule has 11 heteroatoms. The van der Waals surface area contributed by atoms with Crippen LogP contribution in [0, 0.1) is 12.8 Å². The minimum atomic E-state index is -0.993. The van der Waals surface area contributed by atoms with Crippen molar-refractivity contribution < 1.29 is 24.3 Å². The quantitative estimate of drug-likeness (QED) is 0.247. The van der Waals surface area contributed by atoms with Crippen LogP contribution in [0.25, 0.3) is 5.65 Å². The minimum absolute atomic E-state index is 0.00111. The third-order valence-corrected chi connectivity index (χ3v) is 8.39. The number of hydrogen-bond acceptors (Lipinski definition) is 6. The second-order valence-corrected chi connectivity index (χ2v) is 11.2. The standard InChI is InChI=1S/C31H28ClN5O5/c1-16-19-10-11-24(21(19)9-8-20(16)31(41)42)36-30(40)26-13-25(29(39)33-14-17-6-7-17)35-28-22(15-34-37(26)28)27(38)12-18-4-2-3-5-23(18)32/h2-5,8-9,13,15,17,24H,6-7,10-12,14H2,1H3,(H,33,39)(H,36,40)(H,41,42)/t24-/m0/s1. The van der Waals surface area contributed by atoms with E-state index >= 15 is 0 Å². The first-order chi connectivity index (χ1) is 20.2. The van der Waals surface area contributed by atoms with E-state index in [0.717, 1.165) is 24.0 Å². The maximum absolute atomic E-state index is 13.7. The van der Waals surface area contributed by atoms with Crippen LogP contribution in [0.15, 0.2) is 48.7 Å². The number of aromatic carboxylic acids is 1. The van der Waals surface area contributed by atoms with Crippen molar-refractivity contribution in [2.75, 3.05) is 6.54 Å². The highest BCUT2D eigenvalue weighted by atomic mass is 35.5. The Labute approximate surface area is 246 Å². The topological polar surface area (TPSA) is 143 Å². The Hall–Kier alpha value is -4.57. The van der Waals surface area contributed by atoms with E-state index in [4.69, 9.17) is 11.6 Å². The lowest BCUT2D eigenvalue weighted by molar-refractivity contribution is 0.0695. The number of rotatable bonds is 9. The Morgan fingerprint density at radius 1 is 1.05 bits per heavy atom. The van der Waals surface area contributed by atoms with Gasteiger partial charge in [0.25, 0.3) is 11.8 Å². The van der Waals surface area contributed by atoms with Gasteiger partial charge in [0, 0.05) is 24.1 Å². The number of carbonyl (C=O) groups excluding carboxylic acids is 3. The SMILES string of the molecule is Cc1c(C(=O)O)ccc2c1CC[C@@H]2NC(=O)c1cc(C(=O)NCC2CC2)nc2c(C(=O)Cc3ccccc3Cl)cnn12. The molecule has 1 saturated carbocycles. The molecule has 0 spiro atoms. The molecule has 2 aliphatic carbocycles. The Kier molecular flexibility index (Phi) is 7.24. The number of nitrogens with zero attached hydrogens (tertiary/aromatic N) is 3. The van der Waals surface area contributed by atoms with Crippen molar-refractivity contribution in [3.63, 3.8) is 0 Å². The molecule has 42 heavy (non-hydrogen) atoms. The molecule has 0 bridgehead atoms. The Morgan fingerprint density at radius 2 is 1.83 bits per heavy atom. The van der Waals surface area contributed by atoms with Crippen LogP contribution in [0.4, 0.5) is 0 Å². The predicted molar refractivity (Wildman–Crippen MR) is 154 cm³/mol. The minimum Gasteiger partial charge on any atom is -0.478 e. The number of Topliss-reactive ketones (excluding diaryl/α,β-unsaturated/α-hetero) is 1. The van der Waals surface area contributed by atoms with E-state index in [1.54, 1.807) is 43.3 Å². The number of nitrogens with one attached hydrogen (secondary N) is 2. The van der Waals surface area contributed by atoms with Gasteiger partial charge in [-0.3, -0.25) is 14.4 Å². The fourth-order valence-corrected chi connectivity index (χ4v) is 5.69. The van der Waals surface area contributed by atoms with Crippen LogP contribution in [0.2, 0.25) is 5.02 Å². The summed E-state index contributed by atoms with van der Waals surface area (Å²) in [4.78, 5) is 56.2. The normalized spacial score (nSPS) is 15.8. The smallest absolute Gasteiger partial charge is 0.335 e. The highest BCUT2D eigenvalue weighted by Crippen LogP contribution is 2.35. The lowest BCUT2D eigenvalue weighted by Crippen LogP contribution is -2.31. The van der Waals surface area contributed by atoms with E-state index < -0.39 is 17.8 Å². The van der Waals surface area contributed by atoms with Crippen LogP contribution in [0.3, 0.4) is 0 Å². The molecule has 2 aromatic heterocycles. The molecule has 2 aromatic carbocycles. The summed E-state index contributed by atoms with van der Waals surface area (Å²) < 4.78 is 1.28. The average Bonchev–Trinajstić information content (AvgIpc) is 3.56.